The van der Waals surface area contributed by atoms with Crippen LogP contribution in [-0.4, -0.2) is 20.1 Å². The molecule has 2 rings (SSSR count). The van der Waals surface area contributed by atoms with Crippen molar-refractivity contribution in [1.82, 2.24) is 0 Å². The van der Waals surface area contributed by atoms with Crippen molar-refractivity contribution in [3.05, 3.63) is 53.1 Å². The number of carbonyl (C=O) groups excluding carboxylic acids is 1. The molecule has 0 saturated heterocycles. The monoisotopic (exact) mass is 364 g/mol. The third-order valence-corrected chi connectivity index (χ3v) is 5.69. The number of nitrogens with two attached hydrogens (primary N) is 1. The summed E-state index contributed by atoms with van der Waals surface area (Å²) in [7, 11) is -3.72. The Morgan fingerprint density at radius 3 is 2.12 bits per heavy atom. The average Bonchev–Trinajstić information content (AvgIpc) is 2.45. The van der Waals surface area contributed by atoms with Crippen molar-refractivity contribution in [2.75, 3.05) is 11.1 Å². The van der Waals surface area contributed by atoms with Gasteiger partial charge in [0.05, 0.1) is 10.6 Å². The third kappa shape index (κ3) is 4.83. The lowest BCUT2D eigenvalue weighted by Gasteiger charge is -2.11. The standard InChI is InChI=1S/C17H20N2O3S2/c1-11-8-12(2)17(13(3)9-11)23-10-16(20)19-14-4-6-15(7-5-14)24(18,21)22/h4-9H,10H2,1-3H3,(H,19,20)(H2,18,21,22). The molecule has 0 aliphatic carbocycles. The van der Waals surface area contributed by atoms with Crippen molar-refractivity contribution in [2.24, 2.45) is 5.14 Å². The number of aryl methyl sites for hydroxylation is 3. The largest absolute Gasteiger partial charge is 0.325 e. The molecule has 0 spiro atoms. The second kappa shape index (κ2) is 7.38. The lowest BCUT2D eigenvalue weighted by molar-refractivity contribution is -0.113. The van der Waals surface area contributed by atoms with Crippen LogP contribution in [-0.2, 0) is 14.8 Å². The smallest absolute Gasteiger partial charge is 0.238 e. The Kier molecular flexibility index (Phi) is 5.69. The maximum atomic E-state index is 12.1. The molecule has 0 radical (unpaired) electrons. The lowest BCUT2D eigenvalue weighted by atomic mass is 10.1. The number of amides is 1. The SMILES string of the molecule is Cc1cc(C)c(SCC(=O)Nc2ccc(S(N)(=O)=O)cc2)c(C)c1. The van der Waals surface area contributed by atoms with Gasteiger partial charge in [0, 0.05) is 10.6 Å². The summed E-state index contributed by atoms with van der Waals surface area (Å²) >= 11 is 1.49. The first-order chi connectivity index (χ1) is 11.2. The predicted octanol–water partition coefficient (Wildman–Crippen LogP) is 2.99. The first kappa shape index (κ1) is 18.5. The highest BCUT2D eigenvalue weighted by Gasteiger charge is 2.10. The number of thioether (sulfide) groups is 1. The van der Waals surface area contributed by atoms with E-state index in [4.69, 9.17) is 5.14 Å². The minimum Gasteiger partial charge on any atom is -0.325 e. The summed E-state index contributed by atoms with van der Waals surface area (Å²) in [5.74, 6) is 0.129. The summed E-state index contributed by atoms with van der Waals surface area (Å²) in [5.41, 5.74) is 4.05. The van der Waals surface area contributed by atoms with Crippen LogP contribution >= 0.6 is 11.8 Å². The van der Waals surface area contributed by atoms with Gasteiger partial charge >= 0.3 is 0 Å². The van der Waals surface area contributed by atoms with E-state index >= 15 is 0 Å². The lowest BCUT2D eigenvalue weighted by Crippen LogP contribution is -2.15. The highest BCUT2D eigenvalue weighted by Crippen LogP contribution is 2.27. The zero-order valence-corrected chi connectivity index (χ0v) is 15.4. The first-order valence-electron chi connectivity index (χ1n) is 7.30. The van der Waals surface area contributed by atoms with Crippen LogP contribution in [0.25, 0.3) is 0 Å². The summed E-state index contributed by atoms with van der Waals surface area (Å²) in [6.45, 7) is 6.12. The quantitative estimate of drug-likeness (QED) is 0.798. The molecule has 24 heavy (non-hydrogen) atoms. The Balaban J connectivity index is 1.99. The van der Waals surface area contributed by atoms with Crippen molar-refractivity contribution < 1.29 is 13.2 Å². The van der Waals surface area contributed by atoms with Crippen molar-refractivity contribution >= 4 is 33.4 Å². The molecular weight excluding hydrogens is 344 g/mol. The number of sulfonamides is 1. The second-order valence-electron chi connectivity index (χ2n) is 5.63. The van der Waals surface area contributed by atoms with Gasteiger partial charge in [0.15, 0.2) is 0 Å². The molecule has 0 aromatic heterocycles. The Morgan fingerprint density at radius 1 is 1.08 bits per heavy atom. The number of hydrogen-bond acceptors (Lipinski definition) is 4. The van der Waals surface area contributed by atoms with E-state index in [1.165, 1.54) is 41.6 Å². The van der Waals surface area contributed by atoms with Crippen molar-refractivity contribution in [1.29, 1.82) is 0 Å². The third-order valence-electron chi connectivity index (χ3n) is 3.42. The number of carbonyl (C=O) groups is 1. The number of nitrogens with one attached hydrogen (secondary N) is 1. The van der Waals surface area contributed by atoms with Gasteiger partial charge in [-0.2, -0.15) is 0 Å². The van der Waals surface area contributed by atoms with E-state index in [9.17, 15) is 13.2 Å². The molecule has 0 aliphatic heterocycles. The number of anilines is 1. The zero-order chi connectivity index (χ0) is 17.9. The van der Waals surface area contributed by atoms with Crippen molar-refractivity contribution in [3.8, 4) is 0 Å². The fourth-order valence-electron chi connectivity index (χ4n) is 2.46. The normalized spacial score (nSPS) is 11.3. The molecule has 5 nitrogen and oxygen atoms in total. The summed E-state index contributed by atoms with van der Waals surface area (Å²) in [6, 6.07) is 9.96. The highest BCUT2D eigenvalue weighted by molar-refractivity contribution is 8.00. The fraction of sp³-hybridized carbons (Fsp3) is 0.235. The van der Waals surface area contributed by atoms with Gasteiger partial charge in [-0.1, -0.05) is 17.7 Å². The number of primary sulfonamides is 1. The number of rotatable bonds is 5. The van der Waals surface area contributed by atoms with E-state index in [1.807, 2.05) is 20.8 Å². The summed E-state index contributed by atoms with van der Waals surface area (Å²) in [6.07, 6.45) is 0. The molecule has 0 fully saturated rings. The van der Waals surface area contributed by atoms with Gasteiger partial charge in [-0.05, 0) is 56.2 Å². The van der Waals surface area contributed by atoms with Crippen LogP contribution in [0.2, 0.25) is 0 Å². The van der Waals surface area contributed by atoms with E-state index in [0.29, 0.717) is 5.69 Å². The predicted molar refractivity (Wildman–Crippen MR) is 97.8 cm³/mol. The van der Waals surface area contributed by atoms with Gasteiger partial charge in [0.1, 0.15) is 0 Å². The average molecular weight is 364 g/mol. The fourth-order valence-corrected chi connectivity index (χ4v) is 3.89. The zero-order valence-electron chi connectivity index (χ0n) is 13.8. The van der Waals surface area contributed by atoms with Crippen LogP contribution in [0.1, 0.15) is 16.7 Å². The second-order valence-corrected chi connectivity index (χ2v) is 8.18. The molecule has 2 aromatic carbocycles. The van der Waals surface area contributed by atoms with Crippen LogP contribution in [0, 0.1) is 20.8 Å². The van der Waals surface area contributed by atoms with E-state index in [-0.39, 0.29) is 16.6 Å². The van der Waals surface area contributed by atoms with E-state index in [2.05, 4.69) is 17.4 Å². The number of hydrogen-bond donors (Lipinski definition) is 2. The molecule has 0 aliphatic rings. The topological polar surface area (TPSA) is 89.3 Å². The van der Waals surface area contributed by atoms with Crippen LogP contribution in [0.4, 0.5) is 5.69 Å². The van der Waals surface area contributed by atoms with E-state index < -0.39 is 10.0 Å². The van der Waals surface area contributed by atoms with Gasteiger partial charge < -0.3 is 5.32 Å². The molecule has 128 valence electrons. The summed E-state index contributed by atoms with van der Waals surface area (Å²) in [5, 5.41) is 7.79. The minimum atomic E-state index is -3.72. The van der Waals surface area contributed by atoms with Gasteiger partial charge in [-0.15, -0.1) is 11.8 Å². The van der Waals surface area contributed by atoms with E-state index in [1.54, 1.807) is 0 Å². The Bertz CT molecular complexity index is 837. The minimum absolute atomic E-state index is 0.0146. The van der Waals surface area contributed by atoms with Crippen LogP contribution in [0.15, 0.2) is 46.2 Å². The molecule has 1 amide bonds. The first-order valence-corrected chi connectivity index (χ1v) is 9.83. The van der Waals surface area contributed by atoms with Crippen LogP contribution < -0.4 is 10.5 Å². The molecule has 0 atom stereocenters. The molecule has 0 bridgehead atoms. The maximum absolute atomic E-state index is 12.1. The molecule has 0 unspecified atom stereocenters. The van der Waals surface area contributed by atoms with Crippen molar-refractivity contribution in [3.63, 3.8) is 0 Å². The Labute approximate surface area is 146 Å². The van der Waals surface area contributed by atoms with E-state index in [0.717, 1.165) is 16.0 Å². The Hall–Kier alpha value is -1.83. The molecule has 3 N–H and O–H groups in total. The van der Waals surface area contributed by atoms with Crippen LogP contribution in [0.5, 0.6) is 0 Å². The molecular formula is C17H20N2O3S2. The molecule has 7 heteroatoms. The highest BCUT2D eigenvalue weighted by atomic mass is 32.2. The van der Waals surface area contributed by atoms with Gasteiger partial charge in [0.2, 0.25) is 15.9 Å². The maximum Gasteiger partial charge on any atom is 0.238 e. The Morgan fingerprint density at radius 2 is 1.62 bits per heavy atom. The molecule has 0 heterocycles. The van der Waals surface area contributed by atoms with Gasteiger partial charge in [-0.25, -0.2) is 13.6 Å². The van der Waals surface area contributed by atoms with Crippen molar-refractivity contribution in [2.45, 2.75) is 30.6 Å². The van der Waals surface area contributed by atoms with Gasteiger partial charge in [0.25, 0.3) is 0 Å². The molecule has 0 saturated carbocycles. The summed E-state index contributed by atoms with van der Waals surface area (Å²) in [4.78, 5) is 13.2. The summed E-state index contributed by atoms with van der Waals surface area (Å²) < 4.78 is 22.4. The van der Waals surface area contributed by atoms with Crippen LogP contribution in [0.3, 0.4) is 0 Å². The molecule has 2 aromatic rings. The number of benzene rings is 2. The van der Waals surface area contributed by atoms with Gasteiger partial charge in [-0.3, -0.25) is 4.79 Å².